The number of benzene rings is 1. The van der Waals surface area contributed by atoms with E-state index in [-0.39, 0.29) is 0 Å². The summed E-state index contributed by atoms with van der Waals surface area (Å²) in [5, 5.41) is 3.24. The molecule has 0 aliphatic rings. The average molecular weight is 312 g/mol. The lowest BCUT2D eigenvalue weighted by Crippen LogP contribution is -2.32. The van der Waals surface area contributed by atoms with E-state index in [1.165, 1.54) is 0 Å². The number of aryl methyl sites for hydroxylation is 2. The molecule has 21 heavy (non-hydrogen) atoms. The predicted octanol–water partition coefficient (Wildman–Crippen LogP) is 3.55. The molecule has 0 aliphatic carbocycles. The summed E-state index contributed by atoms with van der Waals surface area (Å²) >= 11 is 0. The van der Waals surface area contributed by atoms with Crippen molar-refractivity contribution in [3.63, 3.8) is 0 Å². The average Bonchev–Trinajstić information content (AvgIpc) is 2.38. The third-order valence-corrected chi connectivity index (χ3v) is 5.83. The summed E-state index contributed by atoms with van der Waals surface area (Å²) < 4.78 is 27.4. The Bertz CT molecular complexity index is 545. The molecule has 0 saturated heterocycles. The van der Waals surface area contributed by atoms with Gasteiger partial charge in [0.2, 0.25) is 10.0 Å². The highest BCUT2D eigenvalue weighted by atomic mass is 32.2. The van der Waals surface area contributed by atoms with Crippen molar-refractivity contribution in [2.45, 2.75) is 52.4 Å². The zero-order valence-electron chi connectivity index (χ0n) is 13.9. The van der Waals surface area contributed by atoms with Gasteiger partial charge in [-0.15, -0.1) is 0 Å². The van der Waals surface area contributed by atoms with Gasteiger partial charge in [-0.3, -0.25) is 0 Å². The number of unbranched alkanes of at least 4 members (excludes halogenated alkanes) is 1. The van der Waals surface area contributed by atoms with E-state index in [9.17, 15) is 8.42 Å². The Kier molecular flexibility index (Phi) is 6.68. The molecule has 1 aromatic rings. The number of hydrogen-bond acceptors (Lipinski definition) is 3. The lowest BCUT2D eigenvalue weighted by atomic mass is 10.1. The number of anilines is 1. The molecule has 0 atom stereocenters. The predicted molar refractivity (Wildman–Crippen MR) is 89.4 cm³/mol. The van der Waals surface area contributed by atoms with Gasteiger partial charge in [-0.1, -0.05) is 20.3 Å². The summed E-state index contributed by atoms with van der Waals surface area (Å²) in [4.78, 5) is 0.460. The molecule has 0 aliphatic heterocycles. The van der Waals surface area contributed by atoms with Crippen LogP contribution in [0.25, 0.3) is 0 Å². The number of hydrogen-bond donors (Lipinski definition) is 1. The Hall–Kier alpha value is -1.07. The van der Waals surface area contributed by atoms with Gasteiger partial charge in [0.25, 0.3) is 0 Å². The molecule has 120 valence electrons. The second-order valence-electron chi connectivity index (χ2n) is 5.32. The summed E-state index contributed by atoms with van der Waals surface area (Å²) in [5.41, 5.74) is 2.59. The summed E-state index contributed by atoms with van der Waals surface area (Å²) in [7, 11) is -3.41. The Balaban J connectivity index is 3.24. The summed E-state index contributed by atoms with van der Waals surface area (Å²) in [6.45, 7) is 11.6. The van der Waals surface area contributed by atoms with Gasteiger partial charge in [0.15, 0.2) is 0 Å². The van der Waals surface area contributed by atoms with Crippen LogP contribution in [0.2, 0.25) is 0 Å². The smallest absolute Gasteiger partial charge is 0.243 e. The molecule has 4 nitrogen and oxygen atoms in total. The second-order valence-corrected chi connectivity index (χ2v) is 7.19. The molecule has 0 aromatic heterocycles. The van der Waals surface area contributed by atoms with Gasteiger partial charge < -0.3 is 5.32 Å². The van der Waals surface area contributed by atoms with Crippen molar-refractivity contribution in [3.8, 4) is 0 Å². The molecule has 0 bridgehead atoms. The van der Waals surface area contributed by atoms with Gasteiger partial charge in [-0.2, -0.15) is 4.31 Å². The first-order valence-corrected chi connectivity index (χ1v) is 9.17. The molecule has 1 rings (SSSR count). The standard InChI is InChI=1S/C16H28N2O2S/c1-6-9-10-18(8-3)21(19,20)16-13(4)11-15(17-7-2)12-14(16)5/h11-12,17H,6-10H2,1-5H3. The summed E-state index contributed by atoms with van der Waals surface area (Å²) in [5.74, 6) is 0. The maximum Gasteiger partial charge on any atom is 0.243 e. The zero-order valence-corrected chi connectivity index (χ0v) is 14.7. The van der Waals surface area contributed by atoms with Crippen molar-refractivity contribution >= 4 is 15.7 Å². The maximum absolute atomic E-state index is 12.9. The molecule has 1 N–H and O–H groups in total. The van der Waals surface area contributed by atoms with E-state index in [1.807, 2.05) is 39.8 Å². The third-order valence-electron chi connectivity index (χ3n) is 3.55. The van der Waals surface area contributed by atoms with Gasteiger partial charge in [0.05, 0.1) is 4.90 Å². The number of rotatable bonds is 8. The van der Waals surface area contributed by atoms with Crippen LogP contribution in [0.15, 0.2) is 17.0 Å². The van der Waals surface area contributed by atoms with E-state index >= 15 is 0 Å². The molecule has 0 radical (unpaired) electrons. The fourth-order valence-corrected chi connectivity index (χ4v) is 4.47. The van der Waals surface area contributed by atoms with Gasteiger partial charge >= 0.3 is 0 Å². The van der Waals surface area contributed by atoms with Crippen molar-refractivity contribution in [2.24, 2.45) is 0 Å². The van der Waals surface area contributed by atoms with Crippen molar-refractivity contribution < 1.29 is 8.42 Å². The molecule has 0 unspecified atom stereocenters. The van der Waals surface area contributed by atoms with E-state index in [0.717, 1.165) is 36.2 Å². The highest BCUT2D eigenvalue weighted by molar-refractivity contribution is 7.89. The Morgan fingerprint density at radius 3 is 2.10 bits per heavy atom. The highest BCUT2D eigenvalue weighted by Gasteiger charge is 2.26. The van der Waals surface area contributed by atoms with Gasteiger partial charge in [0.1, 0.15) is 0 Å². The van der Waals surface area contributed by atoms with E-state index in [4.69, 9.17) is 0 Å². The minimum atomic E-state index is -3.41. The molecule has 0 fully saturated rings. The van der Waals surface area contributed by atoms with Crippen LogP contribution in [0, 0.1) is 13.8 Å². The molecular weight excluding hydrogens is 284 g/mol. The van der Waals surface area contributed by atoms with Crippen molar-refractivity contribution in [1.82, 2.24) is 4.31 Å². The minimum Gasteiger partial charge on any atom is -0.385 e. The normalized spacial score (nSPS) is 11.9. The van der Waals surface area contributed by atoms with Crippen LogP contribution in [0.3, 0.4) is 0 Å². The Labute approximate surface area is 129 Å². The van der Waals surface area contributed by atoms with Crippen LogP contribution in [-0.2, 0) is 10.0 Å². The largest absolute Gasteiger partial charge is 0.385 e. The van der Waals surface area contributed by atoms with Crippen LogP contribution in [0.5, 0.6) is 0 Å². The van der Waals surface area contributed by atoms with Gasteiger partial charge in [-0.25, -0.2) is 8.42 Å². The van der Waals surface area contributed by atoms with Crippen LogP contribution >= 0.6 is 0 Å². The van der Waals surface area contributed by atoms with E-state index in [1.54, 1.807) is 4.31 Å². The molecule has 5 heteroatoms. The molecule has 1 aromatic carbocycles. The molecule has 0 saturated carbocycles. The maximum atomic E-state index is 12.9. The Morgan fingerprint density at radius 1 is 1.10 bits per heavy atom. The topological polar surface area (TPSA) is 49.4 Å². The van der Waals surface area contributed by atoms with Gasteiger partial charge in [0, 0.05) is 25.3 Å². The number of nitrogens with zero attached hydrogens (tertiary/aromatic N) is 1. The van der Waals surface area contributed by atoms with Crippen LogP contribution in [0.4, 0.5) is 5.69 Å². The first kappa shape index (κ1) is 18.0. The van der Waals surface area contributed by atoms with Crippen LogP contribution < -0.4 is 5.32 Å². The van der Waals surface area contributed by atoms with Crippen LogP contribution in [-0.4, -0.2) is 32.4 Å². The first-order chi connectivity index (χ1) is 9.88. The lowest BCUT2D eigenvalue weighted by Gasteiger charge is -2.23. The monoisotopic (exact) mass is 312 g/mol. The number of sulfonamides is 1. The van der Waals surface area contributed by atoms with Crippen molar-refractivity contribution in [3.05, 3.63) is 23.3 Å². The molecule has 0 spiro atoms. The SMILES string of the molecule is CCCCN(CC)S(=O)(=O)c1c(C)cc(NCC)cc1C. The molecule has 0 heterocycles. The number of nitrogens with one attached hydrogen (secondary N) is 1. The van der Waals surface area contributed by atoms with E-state index in [2.05, 4.69) is 12.2 Å². The second kappa shape index (κ2) is 7.80. The fraction of sp³-hybridized carbons (Fsp3) is 0.625. The van der Waals surface area contributed by atoms with E-state index in [0.29, 0.717) is 18.0 Å². The highest BCUT2D eigenvalue weighted by Crippen LogP contribution is 2.27. The molecular formula is C16H28N2O2S. The molecule has 0 amide bonds. The third kappa shape index (κ3) is 4.20. The summed E-state index contributed by atoms with van der Waals surface area (Å²) in [6.07, 6.45) is 1.88. The zero-order chi connectivity index (χ0) is 16.0. The van der Waals surface area contributed by atoms with E-state index < -0.39 is 10.0 Å². The summed E-state index contributed by atoms with van der Waals surface area (Å²) in [6, 6.07) is 3.83. The van der Waals surface area contributed by atoms with Crippen LogP contribution in [0.1, 0.15) is 44.7 Å². The Morgan fingerprint density at radius 2 is 1.67 bits per heavy atom. The van der Waals surface area contributed by atoms with Crippen molar-refractivity contribution in [2.75, 3.05) is 25.0 Å². The fourth-order valence-electron chi connectivity index (χ4n) is 2.58. The quantitative estimate of drug-likeness (QED) is 0.798. The minimum absolute atomic E-state index is 0.460. The van der Waals surface area contributed by atoms with Gasteiger partial charge in [-0.05, 0) is 50.5 Å². The first-order valence-electron chi connectivity index (χ1n) is 7.73. The van der Waals surface area contributed by atoms with Crippen molar-refractivity contribution in [1.29, 1.82) is 0 Å². The lowest BCUT2D eigenvalue weighted by molar-refractivity contribution is 0.418.